The molecule has 0 saturated carbocycles. The molecule has 1 spiro atoms. The topological polar surface area (TPSA) is 61.4 Å². The third kappa shape index (κ3) is 5.15. The van der Waals surface area contributed by atoms with Gasteiger partial charge in [-0.3, -0.25) is 9.59 Å². The number of hydrogen-bond donors (Lipinski definition) is 2. The zero-order chi connectivity index (χ0) is 18.7. The lowest BCUT2D eigenvalue weighted by Gasteiger charge is -2.40. The molecule has 5 nitrogen and oxygen atoms in total. The van der Waals surface area contributed by atoms with Crippen LogP contribution in [0.2, 0.25) is 5.02 Å². The Bertz CT molecular complexity index is 648. The molecular weight excluding hydrogens is 385 g/mol. The zero-order valence-electron chi connectivity index (χ0n) is 16.0. The van der Waals surface area contributed by atoms with Crippen molar-refractivity contribution in [3.05, 3.63) is 34.9 Å². The van der Waals surface area contributed by atoms with Gasteiger partial charge in [0.15, 0.2) is 0 Å². The number of rotatable bonds is 4. The van der Waals surface area contributed by atoms with E-state index < -0.39 is 6.04 Å². The van der Waals surface area contributed by atoms with Crippen LogP contribution in [-0.2, 0) is 4.79 Å². The number of carbonyl (C=O) groups is 2. The Balaban J connectivity index is 0.00000261. The van der Waals surface area contributed by atoms with Crippen molar-refractivity contribution in [3.8, 4) is 0 Å². The van der Waals surface area contributed by atoms with Gasteiger partial charge in [-0.05, 0) is 61.4 Å². The molecule has 7 heteroatoms. The molecule has 2 aliphatic rings. The van der Waals surface area contributed by atoms with Gasteiger partial charge in [-0.2, -0.15) is 0 Å². The van der Waals surface area contributed by atoms with Crippen molar-refractivity contribution < 1.29 is 9.59 Å². The lowest BCUT2D eigenvalue weighted by atomic mass is 9.77. The van der Waals surface area contributed by atoms with Gasteiger partial charge in [0.1, 0.15) is 6.04 Å². The molecule has 150 valence electrons. The van der Waals surface area contributed by atoms with Crippen molar-refractivity contribution in [1.29, 1.82) is 0 Å². The second-order valence-corrected chi connectivity index (χ2v) is 8.39. The molecule has 0 radical (unpaired) electrons. The normalized spacial score (nSPS) is 19.6. The van der Waals surface area contributed by atoms with Crippen molar-refractivity contribution in [2.45, 2.75) is 39.2 Å². The fourth-order valence-corrected chi connectivity index (χ4v) is 4.09. The number of piperidine rings is 1. The summed E-state index contributed by atoms with van der Waals surface area (Å²) in [6.45, 7) is 7.64. The standard InChI is InChI=1S/C20H28ClN3O2.ClH/c1-14(2)17(23-18(25)15-3-5-16(21)6-4-15)19(26)24-11-8-20(9-12-24)7-10-22-13-20;/h3-6,14,17,22H,7-13H2,1-2H3,(H,23,25);1H. The van der Waals surface area contributed by atoms with Gasteiger partial charge in [-0.15, -0.1) is 12.4 Å². The molecule has 1 unspecified atom stereocenters. The smallest absolute Gasteiger partial charge is 0.251 e. The number of nitrogens with zero attached hydrogens (tertiary/aromatic N) is 1. The van der Waals surface area contributed by atoms with Crippen LogP contribution in [0.25, 0.3) is 0 Å². The molecule has 1 aromatic carbocycles. The average Bonchev–Trinajstić information content (AvgIpc) is 3.08. The Morgan fingerprint density at radius 2 is 1.78 bits per heavy atom. The number of hydrogen-bond acceptors (Lipinski definition) is 3. The number of nitrogens with one attached hydrogen (secondary N) is 2. The maximum Gasteiger partial charge on any atom is 0.251 e. The third-order valence-electron chi connectivity index (χ3n) is 5.79. The predicted octanol–water partition coefficient (Wildman–Crippen LogP) is 3.12. The number of halogens is 2. The maximum absolute atomic E-state index is 13.0. The number of amides is 2. The van der Waals surface area contributed by atoms with Crippen LogP contribution in [0.3, 0.4) is 0 Å². The Morgan fingerprint density at radius 3 is 2.30 bits per heavy atom. The third-order valence-corrected chi connectivity index (χ3v) is 6.05. The molecule has 1 atom stereocenters. The van der Waals surface area contributed by atoms with E-state index in [0.29, 0.717) is 16.0 Å². The van der Waals surface area contributed by atoms with E-state index in [4.69, 9.17) is 11.6 Å². The van der Waals surface area contributed by atoms with Gasteiger partial charge >= 0.3 is 0 Å². The van der Waals surface area contributed by atoms with Crippen LogP contribution in [0.4, 0.5) is 0 Å². The molecule has 0 aromatic heterocycles. The van der Waals surface area contributed by atoms with E-state index in [0.717, 1.165) is 39.0 Å². The molecule has 0 aliphatic carbocycles. The van der Waals surface area contributed by atoms with Gasteiger partial charge in [0, 0.05) is 30.2 Å². The molecule has 2 heterocycles. The first kappa shape index (κ1) is 22.0. The van der Waals surface area contributed by atoms with Crippen LogP contribution < -0.4 is 10.6 Å². The Kier molecular flexibility index (Phi) is 7.55. The van der Waals surface area contributed by atoms with E-state index in [9.17, 15) is 9.59 Å². The molecule has 27 heavy (non-hydrogen) atoms. The zero-order valence-corrected chi connectivity index (χ0v) is 17.5. The molecule has 2 N–H and O–H groups in total. The van der Waals surface area contributed by atoms with E-state index in [1.807, 2.05) is 18.7 Å². The van der Waals surface area contributed by atoms with Crippen LogP contribution in [0.1, 0.15) is 43.5 Å². The highest BCUT2D eigenvalue weighted by Gasteiger charge is 2.39. The highest BCUT2D eigenvalue weighted by atomic mass is 35.5. The van der Waals surface area contributed by atoms with Gasteiger partial charge < -0.3 is 15.5 Å². The SMILES string of the molecule is CC(C)C(NC(=O)c1ccc(Cl)cc1)C(=O)N1CCC2(CCNC2)CC1.Cl. The van der Waals surface area contributed by atoms with Crippen LogP contribution >= 0.6 is 24.0 Å². The van der Waals surface area contributed by atoms with E-state index >= 15 is 0 Å². The number of benzene rings is 1. The molecule has 2 saturated heterocycles. The molecule has 3 rings (SSSR count). The van der Waals surface area contributed by atoms with Gasteiger partial charge in [-0.25, -0.2) is 0 Å². The van der Waals surface area contributed by atoms with E-state index in [1.165, 1.54) is 6.42 Å². The second kappa shape index (κ2) is 9.26. The highest BCUT2D eigenvalue weighted by Crippen LogP contribution is 2.37. The van der Waals surface area contributed by atoms with Crippen LogP contribution in [0.5, 0.6) is 0 Å². The summed E-state index contributed by atoms with van der Waals surface area (Å²) in [6.07, 6.45) is 3.29. The summed E-state index contributed by atoms with van der Waals surface area (Å²) < 4.78 is 0. The molecular formula is C20H29Cl2N3O2. The fraction of sp³-hybridized carbons (Fsp3) is 0.600. The Hall–Kier alpha value is -1.30. The van der Waals surface area contributed by atoms with Gasteiger partial charge in [0.25, 0.3) is 5.91 Å². The second-order valence-electron chi connectivity index (χ2n) is 7.95. The van der Waals surface area contributed by atoms with Crippen LogP contribution in [-0.4, -0.2) is 48.9 Å². The minimum atomic E-state index is -0.506. The lowest BCUT2D eigenvalue weighted by molar-refractivity contribution is -0.136. The first-order valence-corrected chi connectivity index (χ1v) is 9.84. The van der Waals surface area contributed by atoms with E-state index in [2.05, 4.69) is 10.6 Å². The van der Waals surface area contributed by atoms with Crippen molar-refractivity contribution in [3.63, 3.8) is 0 Å². The maximum atomic E-state index is 13.0. The summed E-state index contributed by atoms with van der Waals surface area (Å²) in [5.74, 6) is -0.173. The molecule has 2 fully saturated rings. The lowest BCUT2D eigenvalue weighted by Crippen LogP contribution is -2.54. The summed E-state index contributed by atoms with van der Waals surface area (Å²) in [6, 6.07) is 6.22. The quantitative estimate of drug-likeness (QED) is 0.796. The van der Waals surface area contributed by atoms with E-state index in [1.54, 1.807) is 24.3 Å². The monoisotopic (exact) mass is 413 g/mol. The van der Waals surface area contributed by atoms with Crippen molar-refractivity contribution in [2.75, 3.05) is 26.2 Å². The largest absolute Gasteiger partial charge is 0.341 e. The van der Waals surface area contributed by atoms with Crippen molar-refractivity contribution in [1.82, 2.24) is 15.5 Å². The Labute approximate surface area is 172 Å². The van der Waals surface area contributed by atoms with Crippen LogP contribution in [0.15, 0.2) is 24.3 Å². The summed E-state index contributed by atoms with van der Waals surface area (Å²) in [5, 5.41) is 6.96. The minimum Gasteiger partial charge on any atom is -0.341 e. The first-order valence-electron chi connectivity index (χ1n) is 9.46. The summed E-state index contributed by atoms with van der Waals surface area (Å²) in [4.78, 5) is 27.5. The molecule has 0 bridgehead atoms. The average molecular weight is 414 g/mol. The number of likely N-dealkylation sites (tertiary alicyclic amines) is 1. The van der Waals surface area contributed by atoms with Crippen LogP contribution in [0, 0.1) is 11.3 Å². The van der Waals surface area contributed by atoms with Crippen molar-refractivity contribution in [2.24, 2.45) is 11.3 Å². The summed E-state index contributed by atoms with van der Waals surface area (Å²) in [5.41, 5.74) is 0.888. The van der Waals surface area contributed by atoms with Crippen molar-refractivity contribution >= 4 is 35.8 Å². The Morgan fingerprint density at radius 1 is 1.15 bits per heavy atom. The summed E-state index contributed by atoms with van der Waals surface area (Å²) in [7, 11) is 0. The highest BCUT2D eigenvalue weighted by molar-refractivity contribution is 6.30. The number of carbonyl (C=O) groups excluding carboxylic acids is 2. The van der Waals surface area contributed by atoms with Gasteiger partial charge in [-0.1, -0.05) is 25.4 Å². The minimum absolute atomic E-state index is 0. The fourth-order valence-electron chi connectivity index (χ4n) is 3.96. The molecule has 2 amide bonds. The summed E-state index contributed by atoms with van der Waals surface area (Å²) >= 11 is 5.88. The predicted molar refractivity (Wildman–Crippen MR) is 111 cm³/mol. The first-order chi connectivity index (χ1) is 12.4. The molecule has 2 aliphatic heterocycles. The molecule has 1 aromatic rings. The van der Waals surface area contributed by atoms with E-state index in [-0.39, 0.29) is 30.1 Å². The van der Waals surface area contributed by atoms with Gasteiger partial charge in [0.2, 0.25) is 5.91 Å². The van der Waals surface area contributed by atoms with Gasteiger partial charge in [0.05, 0.1) is 0 Å².